The van der Waals surface area contributed by atoms with Crippen LogP contribution >= 0.6 is 0 Å². The number of hydrogen-bond acceptors (Lipinski definition) is 6. The standard InChI is InChI=1S/C14H25NO6/c1-13(2,3)21-12(18)15-8-14(4,5)9(10(16)19-6)11(17)20-7/h9H,8H2,1-7H3,(H,15,18). The Kier molecular flexibility index (Phi) is 6.66. The largest absolute Gasteiger partial charge is 0.468 e. The van der Waals surface area contributed by atoms with Crippen LogP contribution in [0.5, 0.6) is 0 Å². The fourth-order valence-electron chi connectivity index (χ4n) is 1.69. The first-order valence-electron chi connectivity index (χ1n) is 6.57. The molecule has 0 aliphatic carbocycles. The van der Waals surface area contributed by atoms with Gasteiger partial charge < -0.3 is 19.5 Å². The minimum Gasteiger partial charge on any atom is -0.468 e. The Bertz CT molecular complexity index is 381. The van der Waals surface area contributed by atoms with Crippen LogP contribution < -0.4 is 5.32 Å². The predicted molar refractivity (Wildman–Crippen MR) is 75.5 cm³/mol. The molecule has 0 spiro atoms. The van der Waals surface area contributed by atoms with Crippen molar-refractivity contribution in [1.82, 2.24) is 5.32 Å². The zero-order valence-corrected chi connectivity index (χ0v) is 13.7. The summed E-state index contributed by atoms with van der Waals surface area (Å²) in [6.07, 6.45) is -0.621. The van der Waals surface area contributed by atoms with E-state index in [1.807, 2.05) is 0 Å². The van der Waals surface area contributed by atoms with Crippen LogP contribution in [0.15, 0.2) is 0 Å². The molecule has 7 nitrogen and oxygen atoms in total. The lowest BCUT2D eigenvalue weighted by molar-refractivity contribution is -0.164. The molecule has 21 heavy (non-hydrogen) atoms. The fourth-order valence-corrected chi connectivity index (χ4v) is 1.69. The van der Waals surface area contributed by atoms with E-state index in [9.17, 15) is 14.4 Å². The minimum atomic E-state index is -1.14. The second-order valence-corrected chi connectivity index (χ2v) is 6.32. The van der Waals surface area contributed by atoms with Crippen LogP contribution in [0.1, 0.15) is 34.6 Å². The highest BCUT2D eigenvalue weighted by atomic mass is 16.6. The second kappa shape index (κ2) is 7.28. The van der Waals surface area contributed by atoms with Gasteiger partial charge in [0, 0.05) is 12.0 Å². The van der Waals surface area contributed by atoms with Crippen molar-refractivity contribution >= 4 is 18.0 Å². The molecule has 0 rings (SSSR count). The molecule has 0 aromatic heterocycles. The molecular weight excluding hydrogens is 278 g/mol. The molecule has 0 aromatic rings. The number of methoxy groups -OCH3 is 2. The molecule has 0 saturated carbocycles. The summed E-state index contributed by atoms with van der Waals surface area (Å²) in [5.74, 6) is -2.56. The first-order valence-corrected chi connectivity index (χ1v) is 6.57. The Balaban J connectivity index is 4.87. The van der Waals surface area contributed by atoms with E-state index in [1.54, 1.807) is 34.6 Å². The Morgan fingerprint density at radius 1 is 0.952 bits per heavy atom. The Morgan fingerprint density at radius 2 is 1.38 bits per heavy atom. The summed E-state index contributed by atoms with van der Waals surface area (Å²) in [6.45, 7) is 8.58. The Hall–Kier alpha value is -1.79. The van der Waals surface area contributed by atoms with Crippen LogP contribution in [0.25, 0.3) is 0 Å². The molecule has 0 atom stereocenters. The maximum absolute atomic E-state index is 11.8. The third-order valence-corrected chi connectivity index (χ3v) is 2.74. The highest BCUT2D eigenvalue weighted by Crippen LogP contribution is 2.28. The number of amides is 1. The zero-order valence-electron chi connectivity index (χ0n) is 13.7. The van der Waals surface area contributed by atoms with Gasteiger partial charge in [0.25, 0.3) is 0 Å². The summed E-state index contributed by atoms with van der Waals surface area (Å²) >= 11 is 0. The fraction of sp³-hybridized carbons (Fsp3) is 0.786. The smallest absolute Gasteiger partial charge is 0.407 e. The normalized spacial score (nSPS) is 11.8. The molecule has 0 bridgehead atoms. The number of esters is 2. The molecule has 0 saturated heterocycles. The third-order valence-electron chi connectivity index (χ3n) is 2.74. The van der Waals surface area contributed by atoms with Crippen LogP contribution in [-0.2, 0) is 23.8 Å². The van der Waals surface area contributed by atoms with E-state index in [1.165, 1.54) is 14.2 Å². The van der Waals surface area contributed by atoms with E-state index in [4.69, 9.17) is 4.74 Å². The molecule has 0 radical (unpaired) electrons. The molecule has 122 valence electrons. The van der Waals surface area contributed by atoms with E-state index in [-0.39, 0.29) is 6.54 Å². The SMILES string of the molecule is COC(=O)C(C(=O)OC)C(C)(C)CNC(=O)OC(C)(C)C. The Labute approximate surface area is 125 Å². The number of alkyl carbamates (subject to hydrolysis) is 1. The molecule has 0 fully saturated rings. The topological polar surface area (TPSA) is 90.9 Å². The predicted octanol–water partition coefficient (Wildman–Crippen LogP) is 1.50. The average molecular weight is 303 g/mol. The summed E-state index contributed by atoms with van der Waals surface area (Å²) in [5, 5.41) is 2.54. The molecule has 0 unspecified atom stereocenters. The summed E-state index contributed by atoms with van der Waals surface area (Å²) in [5.41, 5.74) is -1.52. The van der Waals surface area contributed by atoms with Crippen LogP contribution in [0, 0.1) is 11.3 Å². The molecule has 0 aliphatic heterocycles. The van der Waals surface area contributed by atoms with Crippen LogP contribution in [0.4, 0.5) is 4.79 Å². The van der Waals surface area contributed by atoms with Crippen molar-refractivity contribution in [3.63, 3.8) is 0 Å². The number of carbonyl (C=O) groups excluding carboxylic acids is 3. The second-order valence-electron chi connectivity index (χ2n) is 6.32. The minimum absolute atomic E-state index is 0.0524. The van der Waals surface area contributed by atoms with E-state index in [0.717, 1.165) is 0 Å². The van der Waals surface area contributed by atoms with Gasteiger partial charge in [0.2, 0.25) is 0 Å². The molecule has 0 aliphatic rings. The number of rotatable bonds is 5. The van der Waals surface area contributed by atoms with Gasteiger partial charge in [-0.2, -0.15) is 0 Å². The van der Waals surface area contributed by atoms with Crippen molar-refractivity contribution in [3.8, 4) is 0 Å². The van der Waals surface area contributed by atoms with Crippen molar-refractivity contribution in [2.75, 3.05) is 20.8 Å². The van der Waals surface area contributed by atoms with E-state index < -0.39 is 35.0 Å². The lowest BCUT2D eigenvalue weighted by Gasteiger charge is -2.31. The van der Waals surface area contributed by atoms with Crippen molar-refractivity contribution in [2.24, 2.45) is 11.3 Å². The highest BCUT2D eigenvalue weighted by molar-refractivity contribution is 5.95. The third kappa shape index (κ3) is 6.46. The van der Waals surface area contributed by atoms with Crippen LogP contribution in [0.2, 0.25) is 0 Å². The summed E-state index contributed by atoms with van der Waals surface area (Å²) in [6, 6.07) is 0. The summed E-state index contributed by atoms with van der Waals surface area (Å²) in [7, 11) is 2.38. The highest BCUT2D eigenvalue weighted by Gasteiger charge is 2.43. The van der Waals surface area contributed by atoms with Crippen LogP contribution in [0.3, 0.4) is 0 Å². The maximum Gasteiger partial charge on any atom is 0.407 e. The lowest BCUT2D eigenvalue weighted by atomic mass is 9.78. The van der Waals surface area contributed by atoms with Gasteiger partial charge in [0.05, 0.1) is 14.2 Å². The van der Waals surface area contributed by atoms with Gasteiger partial charge in [0.15, 0.2) is 5.92 Å². The Morgan fingerprint density at radius 3 is 1.71 bits per heavy atom. The van der Waals surface area contributed by atoms with Gasteiger partial charge in [-0.15, -0.1) is 0 Å². The number of carbonyl (C=O) groups is 3. The molecular formula is C14H25NO6. The van der Waals surface area contributed by atoms with Crippen molar-refractivity contribution in [3.05, 3.63) is 0 Å². The molecule has 7 heteroatoms. The van der Waals surface area contributed by atoms with Crippen molar-refractivity contribution in [1.29, 1.82) is 0 Å². The van der Waals surface area contributed by atoms with Crippen molar-refractivity contribution in [2.45, 2.75) is 40.2 Å². The van der Waals surface area contributed by atoms with Crippen LogP contribution in [-0.4, -0.2) is 44.4 Å². The first-order chi connectivity index (χ1) is 9.44. The van der Waals surface area contributed by atoms with Gasteiger partial charge in [-0.25, -0.2) is 4.79 Å². The van der Waals surface area contributed by atoms with Gasteiger partial charge in [0.1, 0.15) is 5.60 Å². The molecule has 1 amide bonds. The lowest BCUT2D eigenvalue weighted by Crippen LogP contribution is -2.46. The maximum atomic E-state index is 11.8. The monoisotopic (exact) mass is 303 g/mol. The number of hydrogen-bond donors (Lipinski definition) is 1. The van der Waals surface area contributed by atoms with E-state index in [2.05, 4.69) is 14.8 Å². The number of nitrogens with one attached hydrogen (secondary N) is 1. The molecule has 0 heterocycles. The van der Waals surface area contributed by atoms with Crippen molar-refractivity contribution < 1.29 is 28.6 Å². The quantitative estimate of drug-likeness (QED) is 0.470. The molecule has 1 N–H and O–H groups in total. The van der Waals surface area contributed by atoms with E-state index in [0.29, 0.717) is 0 Å². The average Bonchev–Trinajstić information content (AvgIpc) is 2.34. The zero-order chi connectivity index (χ0) is 16.8. The summed E-state index contributed by atoms with van der Waals surface area (Å²) < 4.78 is 14.4. The van der Waals surface area contributed by atoms with Gasteiger partial charge in [-0.1, -0.05) is 13.8 Å². The molecule has 0 aromatic carbocycles. The number of ether oxygens (including phenoxy) is 3. The summed E-state index contributed by atoms with van der Waals surface area (Å²) in [4.78, 5) is 35.2. The first kappa shape index (κ1) is 19.2. The van der Waals surface area contributed by atoms with Gasteiger partial charge >= 0.3 is 18.0 Å². The van der Waals surface area contributed by atoms with E-state index >= 15 is 0 Å². The van der Waals surface area contributed by atoms with Gasteiger partial charge in [-0.05, 0) is 20.8 Å². The van der Waals surface area contributed by atoms with Gasteiger partial charge in [-0.3, -0.25) is 9.59 Å².